The Labute approximate surface area is 133 Å². The van der Waals surface area contributed by atoms with Crippen molar-refractivity contribution in [2.75, 3.05) is 10.5 Å². The molecule has 0 saturated heterocycles. The first-order valence-corrected chi connectivity index (χ1v) is 8.09. The summed E-state index contributed by atoms with van der Waals surface area (Å²) in [6.45, 7) is 0. The summed E-state index contributed by atoms with van der Waals surface area (Å²) in [6.07, 6.45) is 0. The van der Waals surface area contributed by atoms with Crippen LogP contribution < -0.4 is 10.5 Å². The van der Waals surface area contributed by atoms with E-state index < -0.39 is 10.0 Å². The van der Waals surface area contributed by atoms with Gasteiger partial charge in [-0.15, -0.1) is 10.2 Å². The van der Waals surface area contributed by atoms with Crippen molar-refractivity contribution in [1.82, 2.24) is 10.2 Å². The van der Waals surface area contributed by atoms with Gasteiger partial charge in [-0.1, -0.05) is 23.2 Å². The maximum Gasteiger partial charge on any atom is 0.264 e. The smallest absolute Gasteiger partial charge is 0.264 e. The van der Waals surface area contributed by atoms with Gasteiger partial charge in [-0.25, -0.2) is 8.42 Å². The lowest BCUT2D eigenvalue weighted by Gasteiger charge is -2.10. The van der Waals surface area contributed by atoms with Crippen LogP contribution in [0.4, 0.5) is 11.5 Å². The number of nitrogens with two attached hydrogens (primary N) is 1. The zero-order valence-corrected chi connectivity index (χ0v) is 13.6. The van der Waals surface area contributed by atoms with Crippen molar-refractivity contribution in [1.29, 1.82) is 0 Å². The van der Waals surface area contributed by atoms with Crippen molar-refractivity contribution in [3.63, 3.8) is 0 Å². The fraction of sp³-hybridized carbons (Fsp3) is 0. The van der Waals surface area contributed by atoms with Crippen LogP contribution in [-0.4, -0.2) is 18.6 Å². The van der Waals surface area contributed by atoms with Crippen molar-refractivity contribution in [3.05, 3.63) is 38.9 Å². The normalized spacial score (nSPS) is 11.3. The Hall–Kier alpha value is -1.09. The van der Waals surface area contributed by atoms with E-state index >= 15 is 0 Å². The lowest BCUT2D eigenvalue weighted by molar-refractivity contribution is 0.600. The van der Waals surface area contributed by atoms with Crippen LogP contribution in [0.25, 0.3) is 0 Å². The standard InChI is InChI=1S/C10H7BrCl2N4O2S/c11-10-6(14)3-5(12)4-7(10)20(18,19)17-9-2-1-8(13)15-16-9/h1-4H,14H2,(H,16,17). The Morgan fingerprint density at radius 3 is 2.50 bits per heavy atom. The SMILES string of the molecule is Nc1cc(Cl)cc(S(=O)(=O)Nc2ccc(Cl)nn2)c1Br. The zero-order valence-electron chi connectivity index (χ0n) is 9.64. The van der Waals surface area contributed by atoms with Gasteiger partial charge in [-0.3, -0.25) is 4.72 Å². The molecule has 0 amide bonds. The molecular weight excluding hydrogens is 391 g/mol. The van der Waals surface area contributed by atoms with Crippen molar-refractivity contribution in [2.24, 2.45) is 0 Å². The molecule has 106 valence electrons. The van der Waals surface area contributed by atoms with Gasteiger partial charge in [0.15, 0.2) is 11.0 Å². The van der Waals surface area contributed by atoms with Gasteiger partial charge in [-0.2, -0.15) is 0 Å². The van der Waals surface area contributed by atoms with Gasteiger partial charge in [0.1, 0.15) is 4.90 Å². The number of hydrogen-bond acceptors (Lipinski definition) is 5. The number of anilines is 2. The number of sulfonamides is 1. The number of halogens is 3. The average Bonchev–Trinajstić information content (AvgIpc) is 2.36. The van der Waals surface area contributed by atoms with E-state index in [1.165, 1.54) is 24.3 Å². The molecule has 2 aromatic rings. The number of aromatic nitrogens is 2. The highest BCUT2D eigenvalue weighted by molar-refractivity contribution is 9.10. The van der Waals surface area contributed by atoms with E-state index in [4.69, 9.17) is 28.9 Å². The quantitative estimate of drug-likeness (QED) is 0.775. The number of nitrogen functional groups attached to an aromatic ring is 1. The minimum atomic E-state index is -3.91. The van der Waals surface area contributed by atoms with Crippen molar-refractivity contribution >= 4 is 60.7 Å². The summed E-state index contributed by atoms with van der Waals surface area (Å²) in [7, 11) is -3.91. The van der Waals surface area contributed by atoms with Crippen LogP contribution in [0.5, 0.6) is 0 Å². The predicted molar refractivity (Wildman–Crippen MR) is 81.4 cm³/mol. The van der Waals surface area contributed by atoms with Crippen molar-refractivity contribution < 1.29 is 8.42 Å². The number of nitrogens with zero attached hydrogens (tertiary/aromatic N) is 2. The largest absolute Gasteiger partial charge is 0.398 e. The van der Waals surface area contributed by atoms with E-state index in [2.05, 4.69) is 30.8 Å². The molecule has 0 unspecified atom stereocenters. The molecule has 0 fully saturated rings. The molecule has 1 aromatic heterocycles. The summed E-state index contributed by atoms with van der Waals surface area (Å²) in [5, 5.41) is 7.51. The molecule has 0 spiro atoms. The first-order chi connectivity index (χ1) is 9.29. The van der Waals surface area contributed by atoms with Crippen molar-refractivity contribution in [2.45, 2.75) is 4.90 Å². The first-order valence-electron chi connectivity index (χ1n) is 5.06. The monoisotopic (exact) mass is 396 g/mol. The van der Waals surface area contributed by atoms with Crippen LogP contribution >= 0.6 is 39.1 Å². The first kappa shape index (κ1) is 15.3. The molecule has 2 rings (SSSR count). The van der Waals surface area contributed by atoms with Gasteiger partial charge < -0.3 is 5.73 Å². The van der Waals surface area contributed by atoms with Crippen LogP contribution in [0.2, 0.25) is 10.2 Å². The van der Waals surface area contributed by atoms with Crippen LogP contribution in [0.1, 0.15) is 0 Å². The van der Waals surface area contributed by atoms with E-state index in [1.807, 2.05) is 0 Å². The predicted octanol–water partition coefficient (Wildman–Crippen LogP) is 2.93. The van der Waals surface area contributed by atoms with Gasteiger partial charge in [0.2, 0.25) is 0 Å². The molecule has 1 aromatic carbocycles. The van der Waals surface area contributed by atoms with Crippen LogP contribution in [0.3, 0.4) is 0 Å². The van der Waals surface area contributed by atoms with E-state index in [-0.39, 0.29) is 31.0 Å². The molecule has 0 radical (unpaired) electrons. The van der Waals surface area contributed by atoms with Gasteiger partial charge in [-0.05, 0) is 40.2 Å². The molecule has 0 aliphatic rings. The summed E-state index contributed by atoms with van der Waals surface area (Å²) in [5.74, 6) is 0.0276. The molecule has 3 N–H and O–H groups in total. The molecule has 1 heterocycles. The average molecular weight is 398 g/mol. The molecule has 20 heavy (non-hydrogen) atoms. The van der Waals surface area contributed by atoms with E-state index in [0.29, 0.717) is 0 Å². The Bertz CT molecular complexity index is 753. The second-order valence-corrected chi connectivity index (χ2v) is 6.92. The molecule has 0 saturated carbocycles. The molecule has 0 atom stereocenters. The lowest BCUT2D eigenvalue weighted by Crippen LogP contribution is -2.15. The Morgan fingerprint density at radius 2 is 1.90 bits per heavy atom. The molecular formula is C10H7BrCl2N4O2S. The van der Waals surface area contributed by atoms with Gasteiger partial charge in [0, 0.05) is 10.7 Å². The third-order valence-corrected chi connectivity index (χ3v) is 5.14. The summed E-state index contributed by atoms with van der Waals surface area (Å²) in [6, 6.07) is 5.50. The maximum absolute atomic E-state index is 12.3. The Balaban J connectivity index is 2.43. The van der Waals surface area contributed by atoms with Gasteiger partial charge in [0.05, 0.1) is 4.47 Å². The molecule has 10 heteroatoms. The van der Waals surface area contributed by atoms with Crippen LogP contribution in [0, 0.1) is 0 Å². The third kappa shape index (κ3) is 3.32. The summed E-state index contributed by atoms with van der Waals surface area (Å²) >= 11 is 14.5. The Kier molecular flexibility index (Phi) is 4.38. The Morgan fingerprint density at radius 1 is 1.20 bits per heavy atom. The summed E-state index contributed by atoms with van der Waals surface area (Å²) in [5.41, 5.74) is 5.87. The number of nitrogens with one attached hydrogen (secondary N) is 1. The summed E-state index contributed by atoms with van der Waals surface area (Å²) in [4.78, 5) is -0.0979. The number of rotatable bonds is 3. The van der Waals surface area contributed by atoms with Crippen LogP contribution in [-0.2, 0) is 10.0 Å². The fourth-order valence-electron chi connectivity index (χ4n) is 1.34. The van der Waals surface area contributed by atoms with E-state index in [9.17, 15) is 8.42 Å². The third-order valence-electron chi connectivity index (χ3n) is 2.19. The van der Waals surface area contributed by atoms with Gasteiger partial charge in [0.25, 0.3) is 10.0 Å². The molecule has 0 aliphatic heterocycles. The second-order valence-electron chi connectivity index (χ2n) is 3.65. The van der Waals surface area contributed by atoms with Crippen LogP contribution in [0.15, 0.2) is 33.6 Å². The minimum Gasteiger partial charge on any atom is -0.398 e. The summed E-state index contributed by atoms with van der Waals surface area (Å²) < 4.78 is 27.0. The van der Waals surface area contributed by atoms with E-state index in [1.54, 1.807) is 0 Å². The lowest BCUT2D eigenvalue weighted by atomic mass is 10.3. The van der Waals surface area contributed by atoms with Crippen molar-refractivity contribution in [3.8, 4) is 0 Å². The number of hydrogen-bond donors (Lipinski definition) is 2. The highest BCUT2D eigenvalue weighted by Gasteiger charge is 2.21. The fourth-order valence-corrected chi connectivity index (χ4v) is 3.73. The molecule has 0 bridgehead atoms. The molecule has 0 aliphatic carbocycles. The maximum atomic E-state index is 12.3. The molecule has 6 nitrogen and oxygen atoms in total. The highest BCUT2D eigenvalue weighted by Crippen LogP contribution is 2.32. The van der Waals surface area contributed by atoms with Gasteiger partial charge >= 0.3 is 0 Å². The minimum absolute atomic E-state index is 0.0276. The topological polar surface area (TPSA) is 98.0 Å². The second kappa shape index (κ2) is 5.72. The van der Waals surface area contributed by atoms with E-state index in [0.717, 1.165) is 0 Å². The number of benzene rings is 1. The zero-order chi connectivity index (χ0) is 14.9. The highest BCUT2D eigenvalue weighted by atomic mass is 79.9.